The molecule has 3 aromatic rings. The average molecular weight is 559 g/mol. The third-order valence-corrected chi connectivity index (χ3v) is 13.3. The van der Waals surface area contributed by atoms with E-state index in [4.69, 9.17) is 23.4 Å². The Morgan fingerprint density at radius 1 is 0.700 bits per heavy atom. The van der Waals surface area contributed by atoms with Crippen molar-refractivity contribution in [3.63, 3.8) is 0 Å². The minimum Gasteiger partial charge on any atom is -0.408 e. The molecule has 5 nitrogen and oxygen atoms in total. The fourth-order valence-corrected chi connectivity index (χ4v) is 10.2. The molecule has 6 atom stereocenters. The summed E-state index contributed by atoms with van der Waals surface area (Å²) in [6.07, 6.45) is 0.758. The van der Waals surface area contributed by atoms with Gasteiger partial charge in [0, 0.05) is 5.54 Å². The Kier molecular flexibility index (Phi) is 10.0. The van der Waals surface area contributed by atoms with Crippen molar-refractivity contribution in [3.05, 3.63) is 120 Å². The van der Waals surface area contributed by atoms with Crippen molar-refractivity contribution < 1.29 is 23.4 Å². The molecule has 2 saturated heterocycles. The van der Waals surface area contributed by atoms with Crippen LogP contribution in [0.1, 0.15) is 30.5 Å². The van der Waals surface area contributed by atoms with E-state index in [1.54, 1.807) is 0 Å². The highest BCUT2D eigenvalue weighted by Crippen LogP contribution is 2.49. The number of fused-ring (bicyclic) bond motifs is 1. The fourth-order valence-electron chi connectivity index (χ4n) is 6.18. The van der Waals surface area contributed by atoms with E-state index >= 15 is 0 Å². The van der Waals surface area contributed by atoms with E-state index in [1.807, 2.05) is 54.6 Å². The highest BCUT2D eigenvalue weighted by molar-refractivity contribution is 6.76. The van der Waals surface area contributed by atoms with Crippen molar-refractivity contribution >= 4 is 8.32 Å². The van der Waals surface area contributed by atoms with Gasteiger partial charge in [-0.2, -0.15) is 0 Å². The van der Waals surface area contributed by atoms with Gasteiger partial charge >= 0.3 is 0 Å². The zero-order valence-corrected chi connectivity index (χ0v) is 24.7. The topological polar surface area (TPSA) is 46.2 Å². The molecule has 0 N–H and O–H groups in total. The average Bonchev–Trinajstić information content (AvgIpc) is 3.34. The fraction of sp³-hybridized carbons (Fsp3) is 0.412. The lowest BCUT2D eigenvalue weighted by atomic mass is 9.92. The molecule has 0 saturated carbocycles. The van der Waals surface area contributed by atoms with Crippen LogP contribution in [-0.4, -0.2) is 45.4 Å². The van der Waals surface area contributed by atoms with Gasteiger partial charge in [-0.3, -0.25) is 0 Å². The monoisotopic (exact) mass is 558 g/mol. The lowest BCUT2D eigenvalue weighted by Gasteiger charge is -2.44. The first kappa shape index (κ1) is 28.9. The quantitative estimate of drug-likeness (QED) is 0.166. The van der Waals surface area contributed by atoms with E-state index in [0.29, 0.717) is 26.4 Å². The Labute approximate surface area is 240 Å². The summed E-state index contributed by atoms with van der Waals surface area (Å²) in [5, 5.41) is 0. The van der Waals surface area contributed by atoms with Gasteiger partial charge in [0.15, 0.2) is 0 Å². The maximum atomic E-state index is 7.06. The molecule has 2 heterocycles. The lowest BCUT2D eigenvalue weighted by Crippen LogP contribution is -2.59. The molecule has 5 rings (SSSR count). The Bertz CT molecular complexity index is 1170. The largest absolute Gasteiger partial charge is 0.408 e. The summed E-state index contributed by atoms with van der Waals surface area (Å²) in [5.74, 6) is 0. The second-order valence-electron chi connectivity index (χ2n) is 10.8. The van der Waals surface area contributed by atoms with Crippen LogP contribution in [0.4, 0.5) is 0 Å². The first-order valence-electron chi connectivity index (χ1n) is 14.6. The first-order chi connectivity index (χ1) is 19.7. The van der Waals surface area contributed by atoms with E-state index in [1.165, 1.54) is 0 Å². The molecule has 0 unspecified atom stereocenters. The summed E-state index contributed by atoms with van der Waals surface area (Å²) in [5.41, 5.74) is 3.54. The van der Waals surface area contributed by atoms with Gasteiger partial charge in [-0.1, -0.05) is 111 Å². The van der Waals surface area contributed by atoms with E-state index < -0.39 is 8.32 Å². The molecule has 6 heteroatoms. The molecule has 0 amide bonds. The molecule has 0 aliphatic carbocycles. The minimum atomic E-state index is -2.14. The molecule has 0 radical (unpaired) electrons. The lowest BCUT2D eigenvalue weighted by molar-refractivity contribution is -0.247. The van der Waals surface area contributed by atoms with Crippen molar-refractivity contribution in [2.75, 3.05) is 6.61 Å². The van der Waals surface area contributed by atoms with Crippen LogP contribution >= 0.6 is 0 Å². The number of hydrogen-bond donors (Lipinski definition) is 0. The summed E-state index contributed by atoms with van der Waals surface area (Å²) in [4.78, 5) is 0. The van der Waals surface area contributed by atoms with Crippen LogP contribution in [0.3, 0.4) is 0 Å². The summed E-state index contributed by atoms with van der Waals surface area (Å²) in [6.45, 7) is 10.6. The van der Waals surface area contributed by atoms with E-state index in [0.717, 1.165) is 28.8 Å². The van der Waals surface area contributed by atoms with Crippen molar-refractivity contribution in [3.8, 4) is 0 Å². The molecule has 2 aliphatic rings. The number of benzene rings is 3. The Hall–Kier alpha value is -2.58. The second-order valence-corrected chi connectivity index (χ2v) is 15.2. The molecule has 2 fully saturated rings. The smallest absolute Gasteiger partial charge is 0.202 e. The normalized spacial score (nSPS) is 27.2. The van der Waals surface area contributed by atoms with Crippen LogP contribution in [0.5, 0.6) is 0 Å². The van der Waals surface area contributed by atoms with Crippen LogP contribution in [0.25, 0.3) is 0 Å². The number of ether oxygens (including phenoxy) is 4. The predicted octanol–water partition coefficient (Wildman–Crippen LogP) is 7.08. The first-order valence-corrected chi connectivity index (χ1v) is 17.0. The van der Waals surface area contributed by atoms with Gasteiger partial charge in [0.2, 0.25) is 8.32 Å². The second kappa shape index (κ2) is 13.9. The Balaban J connectivity index is 1.43. The molecule has 0 aromatic heterocycles. The molecule has 2 aliphatic heterocycles. The molecule has 3 aromatic carbocycles. The Morgan fingerprint density at radius 3 is 1.70 bits per heavy atom. The number of rotatable bonds is 13. The van der Waals surface area contributed by atoms with Gasteiger partial charge < -0.3 is 23.4 Å². The van der Waals surface area contributed by atoms with Gasteiger partial charge in [-0.15, -0.1) is 6.58 Å². The van der Waals surface area contributed by atoms with Crippen molar-refractivity contribution in [2.45, 2.75) is 81.8 Å². The summed E-state index contributed by atoms with van der Waals surface area (Å²) in [6, 6.07) is 32.8. The van der Waals surface area contributed by atoms with Gasteiger partial charge in [0.25, 0.3) is 0 Å². The molecule has 0 spiro atoms. The number of hydrogen-bond acceptors (Lipinski definition) is 5. The van der Waals surface area contributed by atoms with Crippen LogP contribution in [0.15, 0.2) is 104 Å². The van der Waals surface area contributed by atoms with E-state index in [-0.39, 0.29) is 36.1 Å². The molecular formula is C34H42O5Si. The van der Waals surface area contributed by atoms with Crippen molar-refractivity contribution in [1.82, 2.24) is 0 Å². The highest BCUT2D eigenvalue weighted by Gasteiger charge is 2.61. The van der Waals surface area contributed by atoms with Crippen LogP contribution < -0.4 is 0 Å². The van der Waals surface area contributed by atoms with Gasteiger partial charge in [0.1, 0.15) is 24.4 Å². The Morgan fingerprint density at radius 2 is 1.20 bits per heavy atom. The van der Waals surface area contributed by atoms with Gasteiger partial charge in [-0.25, -0.2) is 0 Å². The highest BCUT2D eigenvalue weighted by atomic mass is 28.4. The molecular weight excluding hydrogens is 516 g/mol. The van der Waals surface area contributed by atoms with Crippen LogP contribution in [-0.2, 0) is 43.2 Å². The minimum absolute atomic E-state index is 0.133. The molecule has 0 bridgehead atoms. The standard InChI is InChI=1S/C34H42O5Si/c1-4-30-32-34(39-40(30,5-2)6-3)33(37-24-28-20-14-9-15-21-28)31(36-23-27-18-12-8-13-19-27)29(38-32)25-35-22-26-16-10-7-11-17-26/h4,7-21,29-34H,1,5-6,22-25H2,2-3H3/t29-,30-,31-,32+,33+,34-/m1/s1. The van der Waals surface area contributed by atoms with Crippen molar-refractivity contribution in [2.24, 2.45) is 0 Å². The van der Waals surface area contributed by atoms with Crippen LogP contribution in [0.2, 0.25) is 17.6 Å². The van der Waals surface area contributed by atoms with Crippen LogP contribution in [0, 0.1) is 0 Å². The third-order valence-electron chi connectivity index (χ3n) is 8.42. The van der Waals surface area contributed by atoms with Gasteiger partial charge in [-0.05, 0) is 28.8 Å². The summed E-state index contributed by atoms with van der Waals surface area (Å²) < 4.78 is 33.7. The third kappa shape index (κ3) is 6.49. The summed E-state index contributed by atoms with van der Waals surface area (Å²) in [7, 11) is -2.14. The predicted molar refractivity (Wildman–Crippen MR) is 160 cm³/mol. The maximum Gasteiger partial charge on any atom is 0.202 e. The molecule has 212 valence electrons. The van der Waals surface area contributed by atoms with Crippen molar-refractivity contribution in [1.29, 1.82) is 0 Å². The zero-order chi connectivity index (χ0) is 27.8. The zero-order valence-electron chi connectivity index (χ0n) is 23.7. The SMILES string of the molecule is C=C[C@@H]1[C@@H]2O[C@H](COCc3ccccc3)[C@@H](OCc3ccccc3)[C@H](OCc3ccccc3)[C@@H]2O[Si]1(CC)CC. The van der Waals surface area contributed by atoms with Gasteiger partial charge in [0.05, 0.1) is 32.5 Å². The van der Waals surface area contributed by atoms with E-state index in [9.17, 15) is 0 Å². The maximum absolute atomic E-state index is 7.06. The molecule has 40 heavy (non-hydrogen) atoms. The van der Waals surface area contributed by atoms with E-state index in [2.05, 4.69) is 62.9 Å². The summed E-state index contributed by atoms with van der Waals surface area (Å²) >= 11 is 0.